The molecule has 162 valence electrons. The summed E-state index contributed by atoms with van der Waals surface area (Å²) in [6.07, 6.45) is 1.94. The molecule has 0 aromatic heterocycles. The van der Waals surface area contributed by atoms with Gasteiger partial charge in [0, 0.05) is 27.7 Å². The summed E-state index contributed by atoms with van der Waals surface area (Å²) in [7, 11) is -3.71. The minimum absolute atomic E-state index is 0.227. The second-order valence-corrected chi connectivity index (χ2v) is 9.98. The third kappa shape index (κ3) is 5.23. The molecule has 3 aromatic carbocycles. The van der Waals surface area contributed by atoms with Crippen LogP contribution in [0.3, 0.4) is 0 Å². The highest BCUT2D eigenvalue weighted by Crippen LogP contribution is 2.26. The topological polar surface area (TPSA) is 66.5 Å². The summed E-state index contributed by atoms with van der Waals surface area (Å²) < 4.78 is 27.6. The number of carbonyl (C=O) groups excluding carboxylic acids is 1. The average Bonchev–Trinajstić information content (AvgIpc) is 2.77. The molecular weight excluding hydrogens is 452 g/mol. The molecule has 0 saturated heterocycles. The van der Waals surface area contributed by atoms with Gasteiger partial charge in [0.15, 0.2) is 0 Å². The second-order valence-electron chi connectivity index (χ2n) is 6.81. The van der Waals surface area contributed by atoms with Gasteiger partial charge in [-0.3, -0.25) is 9.10 Å². The molecule has 0 saturated carbocycles. The van der Waals surface area contributed by atoms with E-state index in [4.69, 9.17) is 11.6 Å². The molecule has 0 heterocycles. The third-order valence-electron chi connectivity index (χ3n) is 4.80. The maximum absolute atomic E-state index is 13.1. The highest BCUT2D eigenvalue weighted by atomic mass is 35.5. The lowest BCUT2D eigenvalue weighted by molar-refractivity contribution is 0.102. The van der Waals surface area contributed by atoms with Crippen LogP contribution in [0.15, 0.2) is 76.5 Å². The van der Waals surface area contributed by atoms with Gasteiger partial charge in [0.25, 0.3) is 15.9 Å². The number of nitrogens with zero attached hydrogens (tertiary/aromatic N) is 1. The quantitative estimate of drug-likeness (QED) is 0.437. The lowest BCUT2D eigenvalue weighted by atomic mass is 10.1. The van der Waals surface area contributed by atoms with Crippen molar-refractivity contribution in [3.63, 3.8) is 0 Å². The van der Waals surface area contributed by atoms with Crippen molar-refractivity contribution >= 4 is 50.7 Å². The van der Waals surface area contributed by atoms with Crippen molar-refractivity contribution in [1.29, 1.82) is 0 Å². The Morgan fingerprint density at radius 2 is 1.68 bits per heavy atom. The van der Waals surface area contributed by atoms with Crippen molar-refractivity contribution in [3.05, 3.63) is 82.9 Å². The number of thioether (sulfide) groups is 1. The van der Waals surface area contributed by atoms with Gasteiger partial charge in [0.05, 0.1) is 10.6 Å². The van der Waals surface area contributed by atoms with Gasteiger partial charge >= 0.3 is 0 Å². The number of anilines is 2. The van der Waals surface area contributed by atoms with Gasteiger partial charge in [-0.15, -0.1) is 11.8 Å². The Bertz CT molecular complexity index is 1180. The number of nitrogens with one attached hydrogen (secondary N) is 1. The van der Waals surface area contributed by atoms with Gasteiger partial charge in [0.2, 0.25) is 0 Å². The summed E-state index contributed by atoms with van der Waals surface area (Å²) >= 11 is 7.56. The molecule has 8 heteroatoms. The average molecular weight is 475 g/mol. The van der Waals surface area contributed by atoms with E-state index < -0.39 is 10.0 Å². The lowest BCUT2D eigenvalue weighted by Crippen LogP contribution is -2.30. The molecule has 31 heavy (non-hydrogen) atoms. The molecule has 0 bridgehead atoms. The number of rotatable bonds is 7. The van der Waals surface area contributed by atoms with E-state index in [-0.39, 0.29) is 17.3 Å². The van der Waals surface area contributed by atoms with Crippen LogP contribution in [0.25, 0.3) is 0 Å². The highest BCUT2D eigenvalue weighted by Gasteiger charge is 2.23. The predicted molar refractivity (Wildman–Crippen MR) is 129 cm³/mol. The fourth-order valence-electron chi connectivity index (χ4n) is 3.07. The Labute approximate surface area is 192 Å². The number of hydrogen-bond donors (Lipinski definition) is 1. The summed E-state index contributed by atoms with van der Waals surface area (Å²) in [5, 5.41) is 3.37. The Kier molecular flexibility index (Phi) is 7.30. The molecule has 0 atom stereocenters. The molecule has 3 aromatic rings. The van der Waals surface area contributed by atoms with E-state index in [1.165, 1.54) is 4.31 Å². The van der Waals surface area contributed by atoms with Gasteiger partial charge in [0.1, 0.15) is 0 Å². The first-order valence-electron chi connectivity index (χ1n) is 9.60. The van der Waals surface area contributed by atoms with E-state index in [0.29, 0.717) is 22.0 Å². The molecule has 1 amide bonds. The zero-order valence-electron chi connectivity index (χ0n) is 17.4. The Morgan fingerprint density at radius 3 is 2.26 bits per heavy atom. The van der Waals surface area contributed by atoms with Gasteiger partial charge in [-0.1, -0.05) is 17.7 Å². The fraction of sp³-hybridized carbons (Fsp3) is 0.174. The first-order valence-corrected chi connectivity index (χ1v) is 12.6. The van der Waals surface area contributed by atoms with Crippen LogP contribution < -0.4 is 9.62 Å². The number of amides is 1. The largest absolute Gasteiger partial charge is 0.322 e. The molecular formula is C23H23ClN2O3S2. The maximum atomic E-state index is 13.1. The molecule has 0 spiro atoms. The van der Waals surface area contributed by atoms with Crippen molar-refractivity contribution in [2.24, 2.45) is 0 Å². The van der Waals surface area contributed by atoms with E-state index in [9.17, 15) is 13.2 Å². The van der Waals surface area contributed by atoms with Gasteiger partial charge in [-0.25, -0.2) is 8.42 Å². The van der Waals surface area contributed by atoms with Crippen LogP contribution in [-0.4, -0.2) is 27.1 Å². The van der Waals surface area contributed by atoms with Crippen LogP contribution in [0.2, 0.25) is 5.02 Å². The molecule has 0 fully saturated rings. The number of aryl methyl sites for hydroxylation is 1. The fourth-order valence-corrected chi connectivity index (χ4v) is 5.12. The number of sulfonamides is 1. The minimum atomic E-state index is -3.71. The van der Waals surface area contributed by atoms with E-state index >= 15 is 0 Å². The lowest BCUT2D eigenvalue weighted by Gasteiger charge is -2.23. The first-order chi connectivity index (χ1) is 14.8. The van der Waals surface area contributed by atoms with Gasteiger partial charge in [-0.05, 0) is 86.3 Å². The zero-order valence-corrected chi connectivity index (χ0v) is 19.8. The summed E-state index contributed by atoms with van der Waals surface area (Å²) in [6, 6.07) is 18.6. The summed E-state index contributed by atoms with van der Waals surface area (Å²) in [4.78, 5) is 13.8. The molecule has 0 aliphatic heterocycles. The van der Waals surface area contributed by atoms with Crippen LogP contribution in [-0.2, 0) is 10.0 Å². The van der Waals surface area contributed by atoms with E-state index in [2.05, 4.69) is 5.32 Å². The van der Waals surface area contributed by atoms with Crippen LogP contribution >= 0.6 is 23.4 Å². The minimum Gasteiger partial charge on any atom is -0.322 e. The third-order valence-corrected chi connectivity index (χ3v) is 7.70. The van der Waals surface area contributed by atoms with Gasteiger partial charge in [-0.2, -0.15) is 0 Å². The van der Waals surface area contributed by atoms with Crippen molar-refractivity contribution in [2.75, 3.05) is 22.4 Å². The normalized spacial score (nSPS) is 11.2. The zero-order chi connectivity index (χ0) is 22.6. The Morgan fingerprint density at radius 1 is 1.03 bits per heavy atom. The highest BCUT2D eigenvalue weighted by molar-refractivity contribution is 7.98. The summed E-state index contributed by atoms with van der Waals surface area (Å²) in [5.74, 6) is -0.296. The number of carbonyl (C=O) groups is 1. The van der Waals surface area contributed by atoms with E-state index in [1.54, 1.807) is 79.3 Å². The smallest absolute Gasteiger partial charge is 0.264 e. The monoisotopic (exact) mass is 474 g/mol. The van der Waals surface area contributed by atoms with Crippen LogP contribution in [0, 0.1) is 6.92 Å². The molecule has 3 rings (SSSR count). The number of benzene rings is 3. The van der Waals surface area contributed by atoms with E-state index in [0.717, 1.165) is 10.5 Å². The SMILES string of the molecule is CCN(c1ccc(C(=O)Nc2cc(Cl)ccc2C)cc1)S(=O)(=O)c1ccc(SC)cc1. The first kappa shape index (κ1) is 23.2. The van der Waals surface area contributed by atoms with Gasteiger partial charge < -0.3 is 5.32 Å². The van der Waals surface area contributed by atoms with Crippen LogP contribution in [0.1, 0.15) is 22.8 Å². The van der Waals surface area contributed by atoms with Crippen LogP contribution in [0.4, 0.5) is 11.4 Å². The van der Waals surface area contributed by atoms with Crippen molar-refractivity contribution < 1.29 is 13.2 Å². The van der Waals surface area contributed by atoms with Crippen molar-refractivity contribution in [2.45, 2.75) is 23.6 Å². The molecule has 0 radical (unpaired) electrons. The summed E-state index contributed by atoms with van der Waals surface area (Å²) in [5.41, 5.74) is 2.44. The number of halogens is 1. The molecule has 0 aliphatic rings. The summed E-state index contributed by atoms with van der Waals surface area (Å²) in [6.45, 7) is 3.92. The molecule has 5 nitrogen and oxygen atoms in total. The Hall–Kier alpha value is -2.48. The second kappa shape index (κ2) is 9.77. The molecule has 0 aliphatic carbocycles. The van der Waals surface area contributed by atoms with Crippen LogP contribution in [0.5, 0.6) is 0 Å². The maximum Gasteiger partial charge on any atom is 0.264 e. The van der Waals surface area contributed by atoms with Crippen molar-refractivity contribution in [3.8, 4) is 0 Å². The molecule has 1 N–H and O–H groups in total. The predicted octanol–water partition coefficient (Wildman–Crippen LogP) is 5.84. The standard InChI is InChI=1S/C23H23ClN2O3S2/c1-4-26(31(28,29)21-13-11-20(30-3)12-14-21)19-9-6-17(7-10-19)23(27)25-22-15-18(24)8-5-16(22)2/h5-15H,4H2,1-3H3,(H,25,27). The molecule has 0 unspecified atom stereocenters. The van der Waals surface area contributed by atoms with Crippen molar-refractivity contribution in [1.82, 2.24) is 0 Å². The Balaban J connectivity index is 1.82. The number of hydrogen-bond acceptors (Lipinski definition) is 4. The van der Waals surface area contributed by atoms with E-state index in [1.807, 2.05) is 19.2 Å².